The third kappa shape index (κ3) is 8.94. The minimum Gasteiger partial charge on any atom is -0.465 e. The number of nitrogens with zero attached hydrogens (tertiary/aromatic N) is 2. The summed E-state index contributed by atoms with van der Waals surface area (Å²) in [5.41, 5.74) is 0.0735. The van der Waals surface area contributed by atoms with Gasteiger partial charge in [0.15, 0.2) is 17.8 Å². The third-order valence-electron chi connectivity index (χ3n) is 9.07. The van der Waals surface area contributed by atoms with Crippen molar-refractivity contribution < 1.29 is 51.9 Å². The first-order valence-corrected chi connectivity index (χ1v) is 18.0. The van der Waals surface area contributed by atoms with E-state index in [1.807, 2.05) is 44.2 Å². The maximum atomic E-state index is 14.4. The lowest BCUT2D eigenvalue weighted by Crippen LogP contribution is -2.58. The Morgan fingerprint density at radius 2 is 1.82 bits per heavy atom. The number of nitrogens with one attached hydrogen (secondary N) is 1. The fraction of sp³-hybridized carbons (Fsp3) is 0.588. The number of amides is 2. The molecular weight excluding hydrogens is 658 g/mol. The van der Waals surface area contributed by atoms with Crippen molar-refractivity contribution in [3.63, 3.8) is 0 Å². The summed E-state index contributed by atoms with van der Waals surface area (Å²) in [6.07, 6.45) is -2.99. The topological polar surface area (TPSA) is 173 Å². The molecule has 0 radical (unpaired) electrons. The Kier molecular flexibility index (Phi) is 11.6. The molecule has 2 amide bonds. The van der Waals surface area contributed by atoms with Gasteiger partial charge in [-0.2, -0.15) is 4.31 Å². The first kappa shape index (κ1) is 36.6. The number of ether oxygens (including phenoxy) is 5. The molecule has 5 atom stereocenters. The second-order valence-corrected chi connectivity index (χ2v) is 15.7. The van der Waals surface area contributed by atoms with Crippen LogP contribution in [0.15, 0.2) is 53.4 Å². The number of alkyl carbamates (subject to hydrolysis) is 1. The molecule has 0 spiro atoms. The fourth-order valence-electron chi connectivity index (χ4n) is 6.61. The van der Waals surface area contributed by atoms with E-state index in [4.69, 9.17) is 23.7 Å². The number of sulfonamides is 1. The summed E-state index contributed by atoms with van der Waals surface area (Å²) >= 11 is 0. The van der Waals surface area contributed by atoms with Crippen LogP contribution < -0.4 is 14.8 Å². The minimum atomic E-state index is -4.28. The van der Waals surface area contributed by atoms with Gasteiger partial charge in [-0.05, 0) is 56.2 Å². The monoisotopic (exact) mass is 705 g/mol. The molecule has 2 aromatic carbocycles. The molecule has 5 rings (SSSR count). The second kappa shape index (κ2) is 15.5. The van der Waals surface area contributed by atoms with Gasteiger partial charge >= 0.3 is 12.2 Å². The predicted octanol–water partition coefficient (Wildman–Crippen LogP) is 3.67. The van der Waals surface area contributed by atoms with Crippen LogP contribution in [-0.2, 0) is 30.7 Å². The molecule has 15 heteroatoms. The van der Waals surface area contributed by atoms with Gasteiger partial charge in [0, 0.05) is 31.6 Å². The average molecular weight is 706 g/mol. The molecule has 0 unspecified atom stereocenters. The van der Waals surface area contributed by atoms with E-state index >= 15 is 0 Å². The van der Waals surface area contributed by atoms with Crippen LogP contribution >= 0.6 is 0 Å². The predicted molar refractivity (Wildman–Crippen MR) is 177 cm³/mol. The highest BCUT2D eigenvalue weighted by Gasteiger charge is 2.49. The van der Waals surface area contributed by atoms with E-state index in [9.17, 15) is 28.2 Å². The van der Waals surface area contributed by atoms with E-state index in [-0.39, 0.29) is 55.6 Å². The molecule has 3 heterocycles. The summed E-state index contributed by atoms with van der Waals surface area (Å²) in [5, 5.41) is 25.4. The van der Waals surface area contributed by atoms with Gasteiger partial charge < -0.3 is 39.2 Å². The van der Waals surface area contributed by atoms with Gasteiger partial charge in [-0.25, -0.2) is 18.0 Å². The van der Waals surface area contributed by atoms with Crippen molar-refractivity contribution in [2.75, 3.05) is 39.6 Å². The Labute approximate surface area is 287 Å². The number of rotatable bonds is 15. The molecule has 3 aliphatic rings. The molecule has 3 N–H and O–H groups in total. The van der Waals surface area contributed by atoms with Gasteiger partial charge in [-0.15, -0.1) is 0 Å². The largest absolute Gasteiger partial charge is 0.465 e. The molecular formula is C34H47N3O11S. The molecule has 0 aliphatic carbocycles. The van der Waals surface area contributed by atoms with Crippen LogP contribution in [0.3, 0.4) is 0 Å². The highest BCUT2D eigenvalue weighted by molar-refractivity contribution is 7.89. The van der Waals surface area contributed by atoms with Gasteiger partial charge in [0.1, 0.15) is 0 Å². The van der Waals surface area contributed by atoms with Crippen LogP contribution in [0.4, 0.5) is 9.59 Å². The first-order valence-electron chi connectivity index (χ1n) is 16.6. The van der Waals surface area contributed by atoms with E-state index < -0.39 is 58.6 Å². The smallest absolute Gasteiger partial charge is 0.407 e. The molecule has 0 saturated carbocycles. The summed E-state index contributed by atoms with van der Waals surface area (Å²) in [7, 11) is -4.28. The number of aliphatic hydroxyl groups is 1. The zero-order chi connectivity index (χ0) is 35.3. The maximum Gasteiger partial charge on any atom is 0.407 e. The highest BCUT2D eigenvalue weighted by Crippen LogP contribution is 2.38. The lowest BCUT2D eigenvalue weighted by molar-refractivity contribution is -0.0906. The molecule has 270 valence electrons. The number of benzene rings is 2. The van der Waals surface area contributed by atoms with Crippen molar-refractivity contribution >= 4 is 22.2 Å². The quantitative estimate of drug-likeness (QED) is 0.247. The normalized spacial score (nSPS) is 21.4. The summed E-state index contributed by atoms with van der Waals surface area (Å²) in [6.45, 7) is 7.44. The van der Waals surface area contributed by atoms with Gasteiger partial charge in [0.05, 0.1) is 42.4 Å². The van der Waals surface area contributed by atoms with Gasteiger partial charge in [0.2, 0.25) is 16.8 Å². The standard InChI is InChI=1S/C34H47N3O11S/c1-22(2)48-32(39)35-14-13-34(3,4)20-36(49(42,43)24-10-11-29-30(17-24)47-21-46-29)18-28(38)26(16-23-8-6-5-7-9-23)37(33(40)41)27-19-45-31-25(27)12-15-44-31/h5-11,17,22,25-28,31,38H,12-16,18-21H2,1-4H3,(H,35,39)(H,40,41)/t25-,26-,27-,28+,31+/m0/s1. The van der Waals surface area contributed by atoms with E-state index in [1.165, 1.54) is 27.4 Å². The number of hydrogen-bond acceptors (Lipinski definition) is 10. The third-order valence-corrected chi connectivity index (χ3v) is 10.9. The van der Waals surface area contributed by atoms with Gasteiger partial charge in [-0.1, -0.05) is 44.2 Å². The Bertz CT molecular complexity index is 1560. The van der Waals surface area contributed by atoms with Crippen molar-refractivity contribution in [3.8, 4) is 11.5 Å². The average Bonchev–Trinajstić information content (AvgIpc) is 3.78. The minimum absolute atomic E-state index is 0.0372. The summed E-state index contributed by atoms with van der Waals surface area (Å²) in [6, 6.07) is 11.9. The van der Waals surface area contributed by atoms with E-state index in [0.29, 0.717) is 25.2 Å². The van der Waals surface area contributed by atoms with Crippen molar-refractivity contribution in [2.45, 2.75) is 82.4 Å². The molecule has 0 aromatic heterocycles. The van der Waals surface area contributed by atoms with Crippen LogP contribution in [-0.4, -0.2) is 110 Å². The van der Waals surface area contributed by atoms with Crippen molar-refractivity contribution in [3.05, 3.63) is 54.1 Å². The SMILES string of the molecule is CC(C)OC(=O)NCCC(C)(C)CN(C[C@@H](O)[C@H](Cc1ccccc1)N(C(=O)O)[C@H]1CO[C@H]2OCC[C@H]21)S(=O)(=O)c1ccc2c(c1)OCO2. The maximum absolute atomic E-state index is 14.4. The number of hydrogen-bond donors (Lipinski definition) is 3. The molecule has 2 fully saturated rings. The van der Waals surface area contributed by atoms with E-state index in [1.54, 1.807) is 13.8 Å². The summed E-state index contributed by atoms with van der Waals surface area (Å²) in [4.78, 5) is 26.3. The lowest BCUT2D eigenvalue weighted by atomic mass is 9.89. The fourth-order valence-corrected chi connectivity index (χ4v) is 8.28. The summed E-state index contributed by atoms with van der Waals surface area (Å²) in [5.74, 6) is 0.476. The van der Waals surface area contributed by atoms with Gasteiger partial charge in [0.25, 0.3) is 0 Å². The van der Waals surface area contributed by atoms with Crippen molar-refractivity contribution in [1.29, 1.82) is 0 Å². The van der Waals surface area contributed by atoms with Crippen LogP contribution in [0.5, 0.6) is 11.5 Å². The molecule has 0 bridgehead atoms. The van der Waals surface area contributed by atoms with Crippen LogP contribution in [0.2, 0.25) is 0 Å². The first-order chi connectivity index (χ1) is 23.2. The second-order valence-electron chi connectivity index (χ2n) is 13.7. The van der Waals surface area contributed by atoms with E-state index in [2.05, 4.69) is 5.32 Å². The van der Waals surface area contributed by atoms with Crippen LogP contribution in [0.1, 0.15) is 46.1 Å². The summed E-state index contributed by atoms with van der Waals surface area (Å²) < 4.78 is 57.4. The molecule has 3 aliphatic heterocycles. The Morgan fingerprint density at radius 3 is 2.53 bits per heavy atom. The van der Waals surface area contributed by atoms with Crippen molar-refractivity contribution in [2.24, 2.45) is 11.3 Å². The number of aliphatic hydroxyl groups excluding tert-OH is 1. The molecule has 2 saturated heterocycles. The number of carboxylic acid groups (broad SMARTS) is 1. The van der Waals surface area contributed by atoms with Gasteiger partial charge in [-0.3, -0.25) is 4.90 Å². The number of carbonyl (C=O) groups excluding carboxylic acids is 1. The Hall–Kier alpha value is -3.63. The van der Waals surface area contributed by atoms with Crippen molar-refractivity contribution in [1.82, 2.24) is 14.5 Å². The van der Waals surface area contributed by atoms with Crippen LogP contribution in [0.25, 0.3) is 0 Å². The zero-order valence-electron chi connectivity index (χ0n) is 28.3. The van der Waals surface area contributed by atoms with E-state index in [0.717, 1.165) is 5.56 Å². The Morgan fingerprint density at radius 1 is 1.08 bits per heavy atom. The molecule has 14 nitrogen and oxygen atoms in total. The zero-order valence-corrected chi connectivity index (χ0v) is 29.1. The molecule has 49 heavy (non-hydrogen) atoms. The highest BCUT2D eigenvalue weighted by atomic mass is 32.2. The lowest BCUT2D eigenvalue weighted by Gasteiger charge is -2.40. The number of fused-ring (bicyclic) bond motifs is 2. The number of carbonyl (C=O) groups is 2. The Balaban J connectivity index is 1.45. The van der Waals surface area contributed by atoms with Crippen LogP contribution in [0, 0.1) is 11.3 Å². The molecule has 2 aromatic rings.